The summed E-state index contributed by atoms with van der Waals surface area (Å²) in [4.78, 5) is 47.2. The maximum Gasteiger partial charge on any atom is 0.355 e. The van der Waals surface area contributed by atoms with E-state index in [1.54, 1.807) is 35.4 Å². The van der Waals surface area contributed by atoms with Crippen LogP contribution >= 0.6 is 11.6 Å². The van der Waals surface area contributed by atoms with Crippen molar-refractivity contribution in [2.24, 2.45) is 0 Å². The molecule has 1 aromatic carbocycles. The first kappa shape index (κ1) is 25.9. The number of benzene rings is 1. The van der Waals surface area contributed by atoms with Gasteiger partial charge in [0, 0.05) is 31.9 Å². The zero-order valence-electron chi connectivity index (χ0n) is 22.3. The summed E-state index contributed by atoms with van der Waals surface area (Å²) in [6.45, 7) is 10.8. The van der Waals surface area contributed by atoms with Gasteiger partial charge in [-0.15, -0.1) is 0 Å². The Labute approximate surface area is 233 Å². The van der Waals surface area contributed by atoms with Gasteiger partial charge in [0.2, 0.25) is 5.91 Å². The van der Waals surface area contributed by atoms with Gasteiger partial charge in [0.05, 0.1) is 43.6 Å². The highest BCUT2D eigenvalue weighted by atomic mass is 35.5. The molecule has 0 spiro atoms. The molecular weight excluding hydrogens is 533 g/mol. The highest BCUT2D eigenvalue weighted by Crippen LogP contribution is 2.34. The first-order chi connectivity index (χ1) is 19.2. The number of halogens is 2. The number of piperazine rings is 1. The molecule has 5 heterocycles. The molecule has 1 amide bonds. The largest absolute Gasteiger partial charge is 0.355 e. The van der Waals surface area contributed by atoms with Crippen molar-refractivity contribution in [2.45, 2.75) is 32.7 Å². The molecule has 204 valence electrons. The summed E-state index contributed by atoms with van der Waals surface area (Å²) in [6, 6.07) is 7.99. The average Bonchev–Trinajstić information content (AvgIpc) is 2.98. The van der Waals surface area contributed by atoms with E-state index in [1.807, 2.05) is 25.7 Å². The molecule has 0 saturated carbocycles. The van der Waals surface area contributed by atoms with Crippen molar-refractivity contribution >= 4 is 61.8 Å². The van der Waals surface area contributed by atoms with Gasteiger partial charge < -0.3 is 14.8 Å². The van der Waals surface area contributed by atoms with Crippen LogP contribution in [0.4, 0.5) is 10.2 Å². The normalized spacial score (nSPS) is 16.0. The molecule has 1 aliphatic heterocycles. The first-order valence-electron chi connectivity index (χ1n) is 13.1. The van der Waals surface area contributed by atoms with Gasteiger partial charge in [-0.1, -0.05) is 38.1 Å². The summed E-state index contributed by atoms with van der Waals surface area (Å²) in [5.74, 6) is -0.284. The lowest BCUT2D eigenvalue weighted by Gasteiger charge is -2.40. The summed E-state index contributed by atoms with van der Waals surface area (Å²) in [7, 11) is 0. The Morgan fingerprint density at radius 3 is 2.75 bits per heavy atom. The van der Waals surface area contributed by atoms with Crippen LogP contribution in [0.15, 0.2) is 54.0 Å². The number of rotatable bonds is 3. The third kappa shape index (κ3) is 4.02. The number of pyridine rings is 2. The molecule has 1 N–H and O–H groups in total. The van der Waals surface area contributed by atoms with Crippen LogP contribution in [0.3, 0.4) is 0 Å². The second-order valence-electron chi connectivity index (χ2n) is 10.3. The molecule has 11 heteroatoms. The van der Waals surface area contributed by atoms with Crippen molar-refractivity contribution in [3.05, 3.63) is 76.2 Å². The van der Waals surface area contributed by atoms with Gasteiger partial charge in [0.15, 0.2) is 5.65 Å². The van der Waals surface area contributed by atoms with Crippen LogP contribution in [0.1, 0.15) is 32.4 Å². The molecule has 0 aliphatic carbocycles. The van der Waals surface area contributed by atoms with Gasteiger partial charge in [0.1, 0.15) is 11.6 Å². The number of amides is 1. The minimum atomic E-state index is -0.551. The number of nitrogens with one attached hydrogen (secondary N) is 1. The lowest BCUT2D eigenvalue weighted by atomic mass is 10.1. The Morgan fingerprint density at radius 2 is 2.02 bits per heavy atom. The van der Waals surface area contributed by atoms with Gasteiger partial charge in [0.25, 0.3) is 0 Å². The third-order valence-corrected chi connectivity index (χ3v) is 7.72. The molecule has 2 bridgehead atoms. The van der Waals surface area contributed by atoms with Gasteiger partial charge in [-0.2, -0.15) is 4.98 Å². The van der Waals surface area contributed by atoms with E-state index in [-0.39, 0.29) is 33.8 Å². The number of hydrogen-bond acceptors (Lipinski definition) is 6. The van der Waals surface area contributed by atoms with Crippen molar-refractivity contribution < 1.29 is 9.18 Å². The van der Waals surface area contributed by atoms with E-state index < -0.39 is 11.5 Å². The van der Waals surface area contributed by atoms with E-state index in [2.05, 4.69) is 21.5 Å². The lowest BCUT2D eigenvalue weighted by molar-refractivity contribution is -0.128. The Hall–Kier alpha value is -4.31. The Morgan fingerprint density at radius 1 is 1.23 bits per heavy atom. The fourth-order valence-corrected chi connectivity index (χ4v) is 5.81. The van der Waals surface area contributed by atoms with E-state index >= 15 is 4.39 Å². The monoisotopic (exact) mass is 559 g/mol. The van der Waals surface area contributed by atoms with E-state index in [9.17, 15) is 9.59 Å². The van der Waals surface area contributed by atoms with Gasteiger partial charge in [-0.05, 0) is 43.2 Å². The minimum Gasteiger partial charge on any atom is -0.353 e. The number of aromatic nitrogens is 5. The van der Waals surface area contributed by atoms with Crippen molar-refractivity contribution in [3.63, 3.8) is 0 Å². The van der Waals surface area contributed by atoms with Crippen molar-refractivity contribution in [1.29, 1.82) is 0 Å². The highest BCUT2D eigenvalue weighted by molar-refractivity contribution is 6.36. The van der Waals surface area contributed by atoms with Crippen molar-refractivity contribution in [3.8, 4) is 0 Å². The van der Waals surface area contributed by atoms with Crippen LogP contribution in [-0.2, 0) is 4.79 Å². The number of carbonyl (C=O) groups excluding carboxylic acids is 1. The molecule has 0 radical (unpaired) electrons. The van der Waals surface area contributed by atoms with E-state index in [1.165, 1.54) is 16.5 Å². The number of hydrogen-bond donors (Lipinski definition) is 1. The molecule has 0 unspecified atom stereocenters. The summed E-state index contributed by atoms with van der Waals surface area (Å²) in [5.41, 5.74) is 2.13. The van der Waals surface area contributed by atoms with Crippen LogP contribution in [0.25, 0.3) is 38.5 Å². The smallest absolute Gasteiger partial charge is 0.353 e. The molecular formula is C29H27ClFN7O2. The number of nitrogens with zero attached hydrogens (tertiary/aromatic N) is 6. The summed E-state index contributed by atoms with van der Waals surface area (Å²) < 4.78 is 16.8. The topological polar surface area (TPSA) is 99.5 Å². The minimum absolute atomic E-state index is 0.0470. The van der Waals surface area contributed by atoms with Gasteiger partial charge >= 0.3 is 5.69 Å². The number of anilines is 1. The fourth-order valence-electron chi connectivity index (χ4n) is 5.56. The van der Waals surface area contributed by atoms with Gasteiger partial charge in [-0.25, -0.2) is 18.6 Å². The van der Waals surface area contributed by atoms with Gasteiger partial charge in [-0.3, -0.25) is 9.78 Å². The quantitative estimate of drug-likeness (QED) is 0.313. The van der Waals surface area contributed by atoms with Crippen LogP contribution in [-0.4, -0.2) is 60.8 Å². The maximum atomic E-state index is 15.4. The van der Waals surface area contributed by atoms with Crippen LogP contribution in [0.5, 0.6) is 0 Å². The molecule has 1 fully saturated rings. The lowest BCUT2D eigenvalue weighted by Crippen LogP contribution is -2.54. The van der Waals surface area contributed by atoms with E-state index in [4.69, 9.17) is 16.6 Å². The van der Waals surface area contributed by atoms with Crippen molar-refractivity contribution in [1.82, 2.24) is 29.2 Å². The molecule has 6 rings (SSSR count). The highest BCUT2D eigenvalue weighted by Gasteiger charge is 2.29. The van der Waals surface area contributed by atoms with Crippen LogP contribution < -0.4 is 10.6 Å². The van der Waals surface area contributed by atoms with E-state index in [0.29, 0.717) is 58.7 Å². The van der Waals surface area contributed by atoms with E-state index in [0.717, 1.165) is 0 Å². The average molecular weight is 560 g/mol. The molecule has 9 nitrogen and oxygen atoms in total. The summed E-state index contributed by atoms with van der Waals surface area (Å²) in [5, 5.41) is 0.955. The molecule has 5 aromatic rings. The van der Waals surface area contributed by atoms with Crippen LogP contribution in [0.2, 0.25) is 5.02 Å². The first-order valence-corrected chi connectivity index (χ1v) is 13.4. The third-order valence-electron chi connectivity index (χ3n) is 7.43. The Bertz CT molecular complexity index is 1950. The standard InChI is InChI=1S/C29H27ClFN7O2/c1-5-22(39)37-12-11-36(14-16(37)4)27-17-13-18(30)25-23-19(31)7-6-8-20(23)33-21-9-10-32-24(15(2)3)26(21)38(28(17)34-25)29(40)35-27/h5-10,13,15-16,33H,1,11-12,14H2,2-4H3/t16-/m1/s1. The number of H-pyrrole nitrogens is 1. The zero-order valence-corrected chi connectivity index (χ0v) is 23.0. The molecule has 4 aromatic heterocycles. The van der Waals surface area contributed by atoms with Crippen LogP contribution in [0, 0.1) is 5.82 Å². The molecule has 40 heavy (non-hydrogen) atoms. The summed E-state index contributed by atoms with van der Waals surface area (Å²) in [6.07, 6.45) is 2.96. The number of fused-ring (bicyclic) bond motifs is 5. The molecule has 1 atom stereocenters. The maximum absolute atomic E-state index is 15.4. The van der Waals surface area contributed by atoms with Crippen molar-refractivity contribution in [2.75, 3.05) is 24.5 Å². The molecule has 1 saturated heterocycles. The second kappa shape index (κ2) is 9.71. The molecule has 1 aliphatic rings. The SMILES string of the molecule is C=CC(=O)N1CCN(c2nc(=O)n3c4nc(c(Cl)cc24)c2c(F)cccc2[nH]c2ccnc(C(C)C)c23)C[C@H]1C. The predicted molar refractivity (Wildman–Crippen MR) is 155 cm³/mol. The Kier molecular flexibility index (Phi) is 6.29. The fraction of sp³-hybridized carbons (Fsp3) is 0.276. The second-order valence-corrected chi connectivity index (χ2v) is 10.7. The number of aromatic amines is 1. The Balaban J connectivity index is 1.77. The number of carbonyl (C=O) groups is 1. The predicted octanol–water partition coefficient (Wildman–Crippen LogP) is 4.97. The summed E-state index contributed by atoms with van der Waals surface area (Å²) >= 11 is 6.80. The zero-order chi connectivity index (χ0) is 28.3.